The number of nitrogens with zero attached hydrogens (tertiary/aromatic N) is 2. The summed E-state index contributed by atoms with van der Waals surface area (Å²) in [6.07, 6.45) is 4.40. The molecule has 24 heavy (non-hydrogen) atoms. The summed E-state index contributed by atoms with van der Waals surface area (Å²) < 4.78 is 11.0. The second kappa shape index (κ2) is 6.11. The average Bonchev–Trinajstić information content (AvgIpc) is 2.61. The van der Waals surface area contributed by atoms with E-state index >= 15 is 0 Å². The summed E-state index contributed by atoms with van der Waals surface area (Å²) in [5.74, 6) is 2.03. The number of nitrogens with one attached hydrogen (secondary N) is 1. The highest BCUT2D eigenvalue weighted by Crippen LogP contribution is 2.30. The van der Waals surface area contributed by atoms with Crippen LogP contribution in [0, 0.1) is 6.92 Å². The smallest absolute Gasteiger partial charge is 0.251 e. The summed E-state index contributed by atoms with van der Waals surface area (Å²) in [6, 6.07) is 5.40. The molecule has 1 aliphatic heterocycles. The van der Waals surface area contributed by atoms with Crippen LogP contribution in [-0.4, -0.2) is 35.1 Å². The summed E-state index contributed by atoms with van der Waals surface area (Å²) in [6.45, 7) is 2.95. The zero-order valence-corrected chi connectivity index (χ0v) is 13.5. The van der Waals surface area contributed by atoms with Crippen LogP contribution < -0.4 is 14.8 Å². The molecule has 0 bridgehead atoms. The molecule has 0 saturated heterocycles. The third-order valence-electron chi connectivity index (χ3n) is 4.41. The van der Waals surface area contributed by atoms with Crippen molar-refractivity contribution in [3.63, 3.8) is 0 Å². The van der Waals surface area contributed by atoms with Crippen LogP contribution in [0.4, 0.5) is 0 Å². The van der Waals surface area contributed by atoms with Gasteiger partial charge in [0.15, 0.2) is 11.5 Å². The van der Waals surface area contributed by atoms with Crippen molar-refractivity contribution in [2.24, 2.45) is 0 Å². The number of rotatable bonds is 2. The summed E-state index contributed by atoms with van der Waals surface area (Å²) in [5.41, 5.74) is 2.82. The number of hydrogen-bond acceptors (Lipinski definition) is 5. The van der Waals surface area contributed by atoms with Gasteiger partial charge in [0.25, 0.3) is 5.91 Å². The van der Waals surface area contributed by atoms with Gasteiger partial charge >= 0.3 is 0 Å². The van der Waals surface area contributed by atoms with E-state index in [0.29, 0.717) is 30.3 Å². The van der Waals surface area contributed by atoms with E-state index in [4.69, 9.17) is 9.47 Å². The Kier molecular flexibility index (Phi) is 3.80. The fraction of sp³-hybridized carbons (Fsp3) is 0.389. The number of ether oxygens (including phenoxy) is 2. The van der Waals surface area contributed by atoms with Crippen LogP contribution in [0.15, 0.2) is 24.4 Å². The monoisotopic (exact) mass is 325 g/mol. The number of benzene rings is 1. The van der Waals surface area contributed by atoms with Crippen LogP contribution in [0.25, 0.3) is 0 Å². The number of hydrogen-bond donors (Lipinski definition) is 1. The third-order valence-corrected chi connectivity index (χ3v) is 4.41. The molecule has 2 heterocycles. The van der Waals surface area contributed by atoms with Gasteiger partial charge in [-0.1, -0.05) is 0 Å². The highest BCUT2D eigenvalue weighted by molar-refractivity contribution is 5.95. The Bertz CT molecular complexity index is 791. The average molecular weight is 325 g/mol. The second-order valence-electron chi connectivity index (χ2n) is 6.16. The van der Waals surface area contributed by atoms with Gasteiger partial charge < -0.3 is 14.8 Å². The molecule has 4 rings (SSSR count). The van der Waals surface area contributed by atoms with Crippen molar-refractivity contribution >= 4 is 5.91 Å². The number of carbonyl (C=O) groups excluding carboxylic acids is 1. The van der Waals surface area contributed by atoms with Gasteiger partial charge in [-0.15, -0.1) is 0 Å². The molecule has 0 radical (unpaired) electrons. The first-order valence-corrected chi connectivity index (χ1v) is 8.21. The number of carbonyl (C=O) groups is 1. The minimum Gasteiger partial charge on any atom is -0.486 e. The fourth-order valence-electron chi connectivity index (χ4n) is 3.18. The molecule has 0 spiro atoms. The number of fused-ring (bicyclic) bond motifs is 2. The minimum absolute atomic E-state index is 0.0894. The number of aryl methyl sites for hydroxylation is 2. The van der Waals surface area contributed by atoms with Crippen LogP contribution in [0.1, 0.15) is 33.9 Å². The molecule has 2 aromatic rings. The van der Waals surface area contributed by atoms with Gasteiger partial charge in [0, 0.05) is 23.5 Å². The summed E-state index contributed by atoms with van der Waals surface area (Å²) in [5, 5.41) is 3.11. The number of amides is 1. The lowest BCUT2D eigenvalue weighted by atomic mass is 9.92. The van der Waals surface area contributed by atoms with Crippen molar-refractivity contribution in [3.8, 4) is 11.5 Å². The Hall–Kier alpha value is -2.63. The molecular weight excluding hydrogens is 306 g/mol. The minimum atomic E-state index is -0.0894. The Morgan fingerprint density at radius 3 is 2.96 bits per heavy atom. The van der Waals surface area contributed by atoms with Gasteiger partial charge in [0.05, 0.1) is 0 Å². The quantitative estimate of drug-likeness (QED) is 0.912. The molecule has 124 valence electrons. The predicted octanol–water partition coefficient (Wildman–Crippen LogP) is 1.84. The summed E-state index contributed by atoms with van der Waals surface area (Å²) in [4.78, 5) is 21.3. The van der Waals surface area contributed by atoms with E-state index in [2.05, 4.69) is 15.3 Å². The lowest BCUT2D eigenvalue weighted by Gasteiger charge is -2.25. The van der Waals surface area contributed by atoms with Gasteiger partial charge in [0.1, 0.15) is 19.0 Å². The van der Waals surface area contributed by atoms with E-state index in [9.17, 15) is 4.79 Å². The van der Waals surface area contributed by atoms with E-state index in [1.807, 2.05) is 13.1 Å². The van der Waals surface area contributed by atoms with Crippen LogP contribution >= 0.6 is 0 Å². The van der Waals surface area contributed by atoms with Crippen LogP contribution in [0.2, 0.25) is 0 Å². The van der Waals surface area contributed by atoms with E-state index in [1.165, 1.54) is 0 Å². The molecule has 0 saturated carbocycles. The van der Waals surface area contributed by atoms with Gasteiger partial charge in [-0.05, 0) is 49.9 Å². The molecule has 1 atom stereocenters. The molecule has 0 fully saturated rings. The topological polar surface area (TPSA) is 73.3 Å². The van der Waals surface area contributed by atoms with E-state index in [-0.39, 0.29) is 11.9 Å². The van der Waals surface area contributed by atoms with Crippen LogP contribution in [0.3, 0.4) is 0 Å². The van der Waals surface area contributed by atoms with Gasteiger partial charge in [-0.25, -0.2) is 9.97 Å². The van der Waals surface area contributed by atoms with E-state index < -0.39 is 0 Å². The summed E-state index contributed by atoms with van der Waals surface area (Å²) in [7, 11) is 0. The standard InChI is InChI=1S/C18H19N3O3/c1-11-19-10-13-8-14(3-4-15(13)20-11)21-18(22)12-2-5-16-17(9-12)24-7-6-23-16/h2,5,9-10,14H,3-4,6-8H2,1H3,(H,21,22). The Morgan fingerprint density at radius 2 is 2.08 bits per heavy atom. The lowest BCUT2D eigenvalue weighted by molar-refractivity contribution is 0.0932. The van der Waals surface area contributed by atoms with Gasteiger partial charge in [0.2, 0.25) is 0 Å². The molecular formula is C18H19N3O3. The highest BCUT2D eigenvalue weighted by atomic mass is 16.6. The second-order valence-corrected chi connectivity index (χ2v) is 6.16. The van der Waals surface area contributed by atoms with Gasteiger partial charge in [-0.3, -0.25) is 4.79 Å². The maximum Gasteiger partial charge on any atom is 0.251 e. The van der Waals surface area contributed by atoms with Gasteiger partial charge in [-0.2, -0.15) is 0 Å². The third kappa shape index (κ3) is 2.91. The van der Waals surface area contributed by atoms with Crippen molar-refractivity contribution in [2.45, 2.75) is 32.2 Å². The first-order valence-electron chi connectivity index (χ1n) is 8.21. The molecule has 1 amide bonds. The Labute approximate surface area is 140 Å². The van der Waals surface area contributed by atoms with E-state index in [0.717, 1.165) is 36.3 Å². The van der Waals surface area contributed by atoms with E-state index in [1.54, 1.807) is 18.2 Å². The first-order chi connectivity index (χ1) is 11.7. The molecule has 6 nitrogen and oxygen atoms in total. The van der Waals surface area contributed by atoms with Crippen molar-refractivity contribution in [1.29, 1.82) is 0 Å². The highest BCUT2D eigenvalue weighted by Gasteiger charge is 2.23. The largest absolute Gasteiger partial charge is 0.486 e. The first kappa shape index (κ1) is 14.9. The number of aromatic nitrogens is 2. The normalized spacial score (nSPS) is 18.6. The zero-order chi connectivity index (χ0) is 16.5. The predicted molar refractivity (Wildman–Crippen MR) is 87.5 cm³/mol. The van der Waals surface area contributed by atoms with Crippen molar-refractivity contribution in [2.75, 3.05) is 13.2 Å². The molecule has 1 aromatic carbocycles. The molecule has 1 aliphatic carbocycles. The van der Waals surface area contributed by atoms with Crippen LogP contribution in [-0.2, 0) is 12.8 Å². The Morgan fingerprint density at radius 1 is 1.25 bits per heavy atom. The fourth-order valence-corrected chi connectivity index (χ4v) is 3.18. The van der Waals surface area contributed by atoms with Crippen molar-refractivity contribution < 1.29 is 14.3 Å². The molecule has 2 aliphatic rings. The van der Waals surface area contributed by atoms with Crippen LogP contribution in [0.5, 0.6) is 11.5 Å². The zero-order valence-electron chi connectivity index (χ0n) is 13.5. The Balaban J connectivity index is 1.46. The summed E-state index contributed by atoms with van der Waals surface area (Å²) >= 11 is 0. The van der Waals surface area contributed by atoms with Crippen molar-refractivity contribution in [1.82, 2.24) is 15.3 Å². The maximum atomic E-state index is 12.5. The van der Waals surface area contributed by atoms with Crippen molar-refractivity contribution in [3.05, 3.63) is 47.0 Å². The maximum absolute atomic E-state index is 12.5. The molecule has 1 aromatic heterocycles. The molecule has 1 unspecified atom stereocenters. The molecule has 1 N–H and O–H groups in total. The molecule has 6 heteroatoms. The lowest BCUT2D eigenvalue weighted by Crippen LogP contribution is -2.39. The SMILES string of the molecule is Cc1ncc2c(n1)CCC(NC(=O)c1ccc3c(c1)OCCO3)C2.